The van der Waals surface area contributed by atoms with Crippen LogP contribution in [0, 0.1) is 0 Å². The van der Waals surface area contributed by atoms with Gasteiger partial charge in [-0.3, -0.25) is 0 Å². The second-order valence-corrected chi connectivity index (χ2v) is 4.49. The van der Waals surface area contributed by atoms with Gasteiger partial charge in [0.2, 0.25) is 0 Å². The van der Waals surface area contributed by atoms with Crippen LogP contribution in [0.4, 0.5) is 0 Å². The molecular formula is C8H15NO2Si. The number of rotatable bonds is 3. The first-order valence-corrected chi connectivity index (χ1v) is 5.01. The van der Waals surface area contributed by atoms with Crippen LogP contribution in [0.1, 0.15) is 0 Å². The summed E-state index contributed by atoms with van der Waals surface area (Å²) in [6.07, 6.45) is 0. The third kappa shape index (κ3) is 2.75. The van der Waals surface area contributed by atoms with Gasteiger partial charge in [0.05, 0.1) is 0 Å². The van der Waals surface area contributed by atoms with Crippen LogP contribution in [0.2, 0.25) is 0 Å². The monoisotopic (exact) mass is 185 g/mol. The van der Waals surface area contributed by atoms with Gasteiger partial charge in [0.1, 0.15) is 0 Å². The average molecular weight is 185 g/mol. The summed E-state index contributed by atoms with van der Waals surface area (Å²) in [5, 5.41) is 1.18. The van der Waals surface area contributed by atoms with Crippen LogP contribution in [0.25, 0.3) is 0 Å². The van der Waals surface area contributed by atoms with E-state index in [4.69, 9.17) is 8.85 Å². The van der Waals surface area contributed by atoms with Gasteiger partial charge >= 0.3 is 9.28 Å². The standard InChI is InChI=1S/C8H12O2Si.H3N/c1-9-11(10-2)8-6-4-3-5-7-8;/h3-7,11H,1-2H3;1H3. The number of hydrogen-bond donors (Lipinski definition) is 1. The van der Waals surface area contributed by atoms with Gasteiger partial charge in [-0.25, -0.2) is 0 Å². The first-order chi connectivity index (χ1) is 5.38. The molecule has 0 aliphatic heterocycles. The average Bonchev–Trinajstić information content (AvgIpc) is 2.09. The summed E-state index contributed by atoms with van der Waals surface area (Å²) in [5.74, 6) is 0. The van der Waals surface area contributed by atoms with Gasteiger partial charge in [0, 0.05) is 14.2 Å². The maximum atomic E-state index is 5.20. The predicted octanol–water partition coefficient (Wildman–Crippen LogP) is 0.569. The van der Waals surface area contributed by atoms with E-state index in [0.29, 0.717) is 0 Å². The van der Waals surface area contributed by atoms with Crippen molar-refractivity contribution in [3.8, 4) is 0 Å². The summed E-state index contributed by atoms with van der Waals surface area (Å²) >= 11 is 0. The molecule has 0 spiro atoms. The van der Waals surface area contributed by atoms with E-state index in [-0.39, 0.29) is 6.15 Å². The van der Waals surface area contributed by atoms with Crippen LogP contribution in [-0.2, 0) is 8.85 Å². The van der Waals surface area contributed by atoms with Crippen molar-refractivity contribution in [2.45, 2.75) is 0 Å². The zero-order valence-electron chi connectivity index (χ0n) is 7.49. The molecule has 0 atom stereocenters. The molecule has 1 rings (SSSR count). The van der Waals surface area contributed by atoms with Crippen molar-refractivity contribution in [3.63, 3.8) is 0 Å². The highest BCUT2D eigenvalue weighted by molar-refractivity contribution is 6.61. The van der Waals surface area contributed by atoms with Gasteiger partial charge in [-0.05, 0) is 5.19 Å². The molecule has 0 radical (unpaired) electrons. The van der Waals surface area contributed by atoms with Gasteiger partial charge in [-0.1, -0.05) is 30.3 Å². The van der Waals surface area contributed by atoms with Crippen molar-refractivity contribution in [1.29, 1.82) is 0 Å². The fraction of sp³-hybridized carbons (Fsp3) is 0.250. The summed E-state index contributed by atoms with van der Waals surface area (Å²) in [4.78, 5) is 0. The van der Waals surface area contributed by atoms with Crippen molar-refractivity contribution in [2.24, 2.45) is 0 Å². The maximum absolute atomic E-state index is 5.20. The van der Waals surface area contributed by atoms with E-state index in [1.54, 1.807) is 14.2 Å². The van der Waals surface area contributed by atoms with E-state index < -0.39 is 9.28 Å². The topological polar surface area (TPSA) is 53.5 Å². The van der Waals surface area contributed by atoms with Gasteiger partial charge in [-0.15, -0.1) is 0 Å². The summed E-state index contributed by atoms with van der Waals surface area (Å²) in [6, 6.07) is 10.0. The Morgan fingerprint density at radius 1 is 1.00 bits per heavy atom. The normalized spacial score (nSPS) is 9.58. The lowest BCUT2D eigenvalue weighted by Gasteiger charge is -2.09. The molecule has 1 aromatic rings. The van der Waals surface area contributed by atoms with Crippen molar-refractivity contribution in [3.05, 3.63) is 30.3 Å². The van der Waals surface area contributed by atoms with Crippen LogP contribution in [0.15, 0.2) is 30.3 Å². The van der Waals surface area contributed by atoms with Crippen LogP contribution in [0.5, 0.6) is 0 Å². The quantitative estimate of drug-likeness (QED) is 0.700. The minimum Gasteiger partial charge on any atom is -0.397 e. The van der Waals surface area contributed by atoms with E-state index in [1.165, 1.54) is 5.19 Å². The summed E-state index contributed by atoms with van der Waals surface area (Å²) < 4.78 is 10.4. The van der Waals surface area contributed by atoms with E-state index in [1.807, 2.05) is 30.3 Å². The Morgan fingerprint density at radius 2 is 1.50 bits per heavy atom. The molecule has 0 bridgehead atoms. The predicted molar refractivity (Wildman–Crippen MR) is 52.3 cm³/mol. The molecule has 0 fully saturated rings. The minimum atomic E-state index is -1.55. The van der Waals surface area contributed by atoms with Crippen LogP contribution < -0.4 is 11.3 Å². The van der Waals surface area contributed by atoms with E-state index in [0.717, 1.165) is 0 Å². The largest absolute Gasteiger partial charge is 0.397 e. The Balaban J connectivity index is 0.00000121. The summed E-state index contributed by atoms with van der Waals surface area (Å²) in [5.41, 5.74) is 0. The van der Waals surface area contributed by atoms with Crippen LogP contribution in [0.3, 0.4) is 0 Å². The second-order valence-electron chi connectivity index (χ2n) is 2.21. The molecule has 0 amide bonds. The molecule has 1 aromatic carbocycles. The minimum absolute atomic E-state index is 0. The highest BCUT2D eigenvalue weighted by Gasteiger charge is 2.10. The molecule has 3 nitrogen and oxygen atoms in total. The molecule has 4 heteroatoms. The fourth-order valence-corrected chi connectivity index (χ4v) is 2.25. The lowest BCUT2D eigenvalue weighted by molar-refractivity contribution is 0.292. The molecule has 68 valence electrons. The molecule has 3 N–H and O–H groups in total. The Labute approximate surface area is 74.7 Å². The zero-order chi connectivity index (χ0) is 8.10. The van der Waals surface area contributed by atoms with Gasteiger partial charge in [0.15, 0.2) is 0 Å². The Hall–Kier alpha value is -0.683. The Bertz CT molecular complexity index is 201. The van der Waals surface area contributed by atoms with Crippen molar-refractivity contribution < 1.29 is 8.85 Å². The molecular weight excluding hydrogens is 170 g/mol. The molecule has 0 saturated carbocycles. The highest BCUT2D eigenvalue weighted by Crippen LogP contribution is 1.89. The van der Waals surface area contributed by atoms with Crippen LogP contribution in [-0.4, -0.2) is 23.5 Å². The zero-order valence-corrected chi connectivity index (χ0v) is 8.64. The second kappa shape index (κ2) is 5.90. The van der Waals surface area contributed by atoms with Gasteiger partial charge in [-0.2, -0.15) is 0 Å². The van der Waals surface area contributed by atoms with Gasteiger partial charge in [0.25, 0.3) is 0 Å². The SMILES string of the molecule is CO[SiH](OC)c1ccccc1.N. The molecule has 0 aliphatic carbocycles. The van der Waals surface area contributed by atoms with E-state index in [2.05, 4.69) is 0 Å². The third-order valence-corrected chi connectivity index (χ3v) is 3.29. The Morgan fingerprint density at radius 3 is 1.92 bits per heavy atom. The molecule has 0 unspecified atom stereocenters. The third-order valence-electron chi connectivity index (χ3n) is 1.50. The maximum Gasteiger partial charge on any atom is 0.355 e. The summed E-state index contributed by atoms with van der Waals surface area (Å²) in [6.45, 7) is 0. The van der Waals surface area contributed by atoms with Crippen molar-refractivity contribution in [1.82, 2.24) is 6.15 Å². The smallest absolute Gasteiger partial charge is 0.355 e. The molecule has 0 saturated heterocycles. The van der Waals surface area contributed by atoms with Crippen LogP contribution >= 0.6 is 0 Å². The molecule has 0 aromatic heterocycles. The number of hydrogen-bond acceptors (Lipinski definition) is 3. The first kappa shape index (κ1) is 11.3. The summed E-state index contributed by atoms with van der Waals surface area (Å²) in [7, 11) is 1.83. The van der Waals surface area contributed by atoms with Gasteiger partial charge < -0.3 is 15.0 Å². The fourth-order valence-electron chi connectivity index (χ4n) is 0.979. The lowest BCUT2D eigenvalue weighted by atomic mass is 10.4. The molecule has 12 heavy (non-hydrogen) atoms. The molecule has 0 aliphatic rings. The number of benzene rings is 1. The van der Waals surface area contributed by atoms with Crippen molar-refractivity contribution >= 4 is 14.5 Å². The van der Waals surface area contributed by atoms with Crippen molar-refractivity contribution in [2.75, 3.05) is 14.2 Å². The first-order valence-electron chi connectivity index (χ1n) is 3.49. The van der Waals surface area contributed by atoms with E-state index in [9.17, 15) is 0 Å². The molecule has 0 heterocycles. The highest BCUT2D eigenvalue weighted by atomic mass is 28.3. The lowest BCUT2D eigenvalue weighted by Crippen LogP contribution is -2.34. The van der Waals surface area contributed by atoms with E-state index >= 15 is 0 Å². The Kier molecular flexibility index (Phi) is 5.57.